The highest BCUT2D eigenvalue weighted by Crippen LogP contribution is 2.23. The van der Waals surface area contributed by atoms with Gasteiger partial charge in [-0.15, -0.1) is 0 Å². The first-order chi connectivity index (χ1) is 8.20. The van der Waals surface area contributed by atoms with Crippen molar-refractivity contribution in [2.24, 2.45) is 0 Å². The molecular formula is C12H16O5. The summed E-state index contributed by atoms with van der Waals surface area (Å²) in [6, 6.07) is 9.06. The lowest BCUT2D eigenvalue weighted by molar-refractivity contribution is -0.229. The third-order valence-corrected chi connectivity index (χ3v) is 2.73. The standard InChI is InChI=1S/C12H16O5/c13-7-10-12(15)9(14)6-11(17-10)16-8-4-2-1-3-5-8/h1-5,9-15H,6-7H2/t9-,10-,11-,12-/m1/s1. The van der Waals surface area contributed by atoms with Gasteiger partial charge in [0.2, 0.25) is 6.29 Å². The SMILES string of the molecule is OC[C@H]1O[C@@H](Oc2ccccc2)C[C@@H](O)[C@H]1O. The molecule has 1 aromatic rings. The molecule has 4 atom stereocenters. The van der Waals surface area contributed by atoms with Crippen LogP contribution in [0.2, 0.25) is 0 Å². The Balaban J connectivity index is 1.98. The van der Waals surface area contributed by atoms with E-state index >= 15 is 0 Å². The molecule has 1 aromatic carbocycles. The zero-order valence-electron chi connectivity index (χ0n) is 9.27. The van der Waals surface area contributed by atoms with E-state index in [1.54, 1.807) is 12.1 Å². The van der Waals surface area contributed by atoms with Gasteiger partial charge in [0.1, 0.15) is 18.0 Å². The van der Waals surface area contributed by atoms with E-state index in [2.05, 4.69) is 0 Å². The minimum Gasteiger partial charge on any atom is -0.465 e. The van der Waals surface area contributed by atoms with Gasteiger partial charge < -0.3 is 24.8 Å². The molecule has 1 fully saturated rings. The van der Waals surface area contributed by atoms with Crippen LogP contribution in [0, 0.1) is 0 Å². The maximum atomic E-state index is 9.61. The number of aliphatic hydroxyl groups is 3. The second kappa shape index (κ2) is 5.46. The van der Waals surface area contributed by atoms with Crippen molar-refractivity contribution < 1.29 is 24.8 Å². The Bertz CT molecular complexity index is 342. The summed E-state index contributed by atoms with van der Waals surface area (Å²) in [4.78, 5) is 0. The highest BCUT2D eigenvalue weighted by Gasteiger charge is 2.37. The van der Waals surface area contributed by atoms with Gasteiger partial charge in [0.05, 0.1) is 12.7 Å². The molecule has 0 amide bonds. The van der Waals surface area contributed by atoms with Gasteiger partial charge in [-0.05, 0) is 12.1 Å². The zero-order valence-corrected chi connectivity index (χ0v) is 9.27. The van der Waals surface area contributed by atoms with Crippen LogP contribution < -0.4 is 4.74 Å². The molecule has 1 aliphatic heterocycles. The molecule has 0 aliphatic carbocycles. The van der Waals surface area contributed by atoms with Gasteiger partial charge in [-0.3, -0.25) is 0 Å². The van der Waals surface area contributed by atoms with Gasteiger partial charge >= 0.3 is 0 Å². The summed E-state index contributed by atoms with van der Waals surface area (Å²) in [6.45, 7) is -0.354. The molecule has 0 unspecified atom stereocenters. The smallest absolute Gasteiger partial charge is 0.202 e. The van der Waals surface area contributed by atoms with E-state index in [1.807, 2.05) is 18.2 Å². The lowest BCUT2D eigenvalue weighted by Crippen LogP contribution is -2.51. The molecule has 0 radical (unpaired) electrons. The number of aliphatic hydroxyl groups excluding tert-OH is 3. The molecule has 0 aromatic heterocycles. The molecule has 2 rings (SSSR count). The topological polar surface area (TPSA) is 79.2 Å². The first-order valence-electron chi connectivity index (χ1n) is 5.55. The van der Waals surface area contributed by atoms with Crippen LogP contribution in [0.25, 0.3) is 0 Å². The van der Waals surface area contributed by atoms with Crippen molar-refractivity contribution in [1.29, 1.82) is 0 Å². The second-order valence-electron chi connectivity index (χ2n) is 4.01. The van der Waals surface area contributed by atoms with Gasteiger partial charge in [-0.1, -0.05) is 18.2 Å². The number of para-hydroxylation sites is 1. The van der Waals surface area contributed by atoms with Crippen LogP contribution in [0.1, 0.15) is 6.42 Å². The minimum absolute atomic E-state index is 0.173. The van der Waals surface area contributed by atoms with Crippen molar-refractivity contribution >= 4 is 0 Å². The molecule has 94 valence electrons. The summed E-state index contributed by atoms with van der Waals surface area (Å²) in [6.07, 6.45) is -3.32. The number of benzene rings is 1. The fourth-order valence-corrected chi connectivity index (χ4v) is 1.79. The number of hydrogen-bond donors (Lipinski definition) is 3. The lowest BCUT2D eigenvalue weighted by Gasteiger charge is -2.36. The number of hydrogen-bond acceptors (Lipinski definition) is 5. The fourth-order valence-electron chi connectivity index (χ4n) is 1.79. The molecule has 17 heavy (non-hydrogen) atoms. The molecular weight excluding hydrogens is 224 g/mol. The fraction of sp³-hybridized carbons (Fsp3) is 0.500. The Labute approximate surface area is 99.2 Å². The third-order valence-electron chi connectivity index (χ3n) is 2.73. The first-order valence-corrected chi connectivity index (χ1v) is 5.55. The van der Waals surface area contributed by atoms with Crippen LogP contribution in [0.5, 0.6) is 5.75 Å². The predicted molar refractivity (Wildman–Crippen MR) is 59.4 cm³/mol. The highest BCUT2D eigenvalue weighted by atomic mass is 16.7. The summed E-state index contributed by atoms with van der Waals surface area (Å²) in [5, 5.41) is 28.1. The summed E-state index contributed by atoms with van der Waals surface area (Å²) in [7, 11) is 0. The van der Waals surface area contributed by atoms with Crippen molar-refractivity contribution in [2.75, 3.05) is 6.61 Å². The molecule has 5 heteroatoms. The molecule has 0 saturated carbocycles. The average molecular weight is 240 g/mol. The number of rotatable bonds is 3. The minimum atomic E-state index is -1.07. The van der Waals surface area contributed by atoms with Crippen molar-refractivity contribution in [3.63, 3.8) is 0 Å². The van der Waals surface area contributed by atoms with Crippen molar-refractivity contribution in [2.45, 2.75) is 31.0 Å². The maximum absolute atomic E-state index is 9.61. The molecule has 1 aliphatic rings. The highest BCUT2D eigenvalue weighted by molar-refractivity contribution is 5.21. The van der Waals surface area contributed by atoms with Gasteiger partial charge in [0.25, 0.3) is 0 Å². The van der Waals surface area contributed by atoms with Gasteiger partial charge in [0.15, 0.2) is 0 Å². The molecule has 0 spiro atoms. The van der Waals surface area contributed by atoms with Gasteiger partial charge in [-0.25, -0.2) is 0 Å². The van der Waals surface area contributed by atoms with E-state index in [1.165, 1.54) is 0 Å². The van der Waals surface area contributed by atoms with E-state index < -0.39 is 24.6 Å². The van der Waals surface area contributed by atoms with Gasteiger partial charge in [0, 0.05) is 6.42 Å². The predicted octanol–water partition coefficient (Wildman–Crippen LogP) is -0.106. The van der Waals surface area contributed by atoms with Crippen molar-refractivity contribution in [3.8, 4) is 5.75 Å². The summed E-state index contributed by atoms with van der Waals surface area (Å²) in [5.41, 5.74) is 0. The monoisotopic (exact) mass is 240 g/mol. The normalized spacial score (nSPS) is 33.4. The quantitative estimate of drug-likeness (QED) is 0.687. The Hall–Kier alpha value is -1.14. The molecule has 0 bridgehead atoms. The van der Waals surface area contributed by atoms with E-state index in [0.717, 1.165) is 0 Å². The number of ether oxygens (including phenoxy) is 2. The Morgan fingerprint density at radius 2 is 1.94 bits per heavy atom. The van der Waals surface area contributed by atoms with E-state index in [9.17, 15) is 10.2 Å². The van der Waals surface area contributed by atoms with E-state index in [0.29, 0.717) is 5.75 Å². The summed E-state index contributed by atoms with van der Waals surface area (Å²) >= 11 is 0. The van der Waals surface area contributed by atoms with E-state index in [4.69, 9.17) is 14.6 Å². The third kappa shape index (κ3) is 2.95. The van der Waals surface area contributed by atoms with E-state index in [-0.39, 0.29) is 13.0 Å². The summed E-state index contributed by atoms with van der Waals surface area (Å²) < 4.78 is 10.8. The molecule has 3 N–H and O–H groups in total. The molecule has 1 heterocycles. The molecule has 5 nitrogen and oxygen atoms in total. The largest absolute Gasteiger partial charge is 0.465 e. The van der Waals surface area contributed by atoms with Crippen LogP contribution in [0.15, 0.2) is 30.3 Å². The molecule has 1 saturated heterocycles. The lowest BCUT2D eigenvalue weighted by atomic mass is 10.0. The van der Waals surface area contributed by atoms with Crippen molar-refractivity contribution in [1.82, 2.24) is 0 Å². The van der Waals surface area contributed by atoms with Crippen LogP contribution in [-0.2, 0) is 4.74 Å². The Morgan fingerprint density at radius 3 is 2.59 bits per heavy atom. The van der Waals surface area contributed by atoms with Gasteiger partial charge in [-0.2, -0.15) is 0 Å². The average Bonchev–Trinajstić information content (AvgIpc) is 2.35. The van der Waals surface area contributed by atoms with Crippen LogP contribution >= 0.6 is 0 Å². The summed E-state index contributed by atoms with van der Waals surface area (Å²) in [5.74, 6) is 0.623. The Kier molecular flexibility index (Phi) is 3.96. The zero-order chi connectivity index (χ0) is 12.3. The van der Waals surface area contributed by atoms with Crippen LogP contribution in [0.4, 0.5) is 0 Å². The maximum Gasteiger partial charge on any atom is 0.202 e. The van der Waals surface area contributed by atoms with Crippen molar-refractivity contribution in [3.05, 3.63) is 30.3 Å². The van der Waals surface area contributed by atoms with Crippen LogP contribution in [0.3, 0.4) is 0 Å². The first kappa shape index (κ1) is 12.3. The second-order valence-corrected chi connectivity index (χ2v) is 4.01. The van der Waals surface area contributed by atoms with Crippen LogP contribution in [-0.4, -0.2) is 46.5 Å². The Morgan fingerprint density at radius 1 is 1.24 bits per heavy atom.